The Morgan fingerprint density at radius 2 is 1.71 bits per heavy atom. The number of nitrogens with one attached hydrogen (secondary N) is 1. The summed E-state index contributed by atoms with van der Waals surface area (Å²) in [7, 11) is 0. The number of piperidine rings is 1. The van der Waals surface area contributed by atoms with Gasteiger partial charge < -0.3 is 15.2 Å². The quantitative estimate of drug-likeness (QED) is 0.823. The monoisotopic (exact) mass is 395 g/mol. The molecule has 0 atom stereocenters. The molecule has 0 amide bonds. The normalized spacial score (nSPS) is 16.0. The molecule has 128 valence electrons. The minimum Gasteiger partial charge on any atom is -0.481 e. The maximum atomic E-state index is 13.0. The van der Waals surface area contributed by atoms with Gasteiger partial charge in [-0.2, -0.15) is 0 Å². The highest BCUT2D eigenvalue weighted by Gasteiger charge is 2.43. The van der Waals surface area contributed by atoms with Crippen LogP contribution in [0, 0.1) is 5.82 Å². The maximum absolute atomic E-state index is 13.0. The largest absolute Gasteiger partial charge is 0.481 e. The molecule has 0 aliphatic carbocycles. The molecule has 0 radical (unpaired) electrons. The van der Waals surface area contributed by atoms with E-state index in [0.717, 1.165) is 0 Å². The van der Waals surface area contributed by atoms with E-state index >= 15 is 0 Å². The van der Waals surface area contributed by atoms with Crippen molar-refractivity contribution in [2.45, 2.75) is 18.3 Å². The molecular formula is C18H19BrFNO3. The Morgan fingerprint density at radius 3 is 2.33 bits per heavy atom. The Labute approximate surface area is 150 Å². The first-order valence-electron chi connectivity index (χ1n) is 7.59. The molecule has 1 aliphatic heterocycles. The molecule has 4 nitrogen and oxygen atoms in total. The molecule has 1 aliphatic rings. The Balaban J connectivity index is 0.00000208. The van der Waals surface area contributed by atoms with Gasteiger partial charge in [-0.25, -0.2) is 4.39 Å². The van der Waals surface area contributed by atoms with Crippen LogP contribution in [0.2, 0.25) is 0 Å². The van der Waals surface area contributed by atoms with E-state index in [0.29, 0.717) is 43.0 Å². The Kier molecular flexibility index (Phi) is 5.96. The number of carboxylic acid groups (broad SMARTS) is 1. The van der Waals surface area contributed by atoms with E-state index in [1.165, 1.54) is 24.3 Å². The van der Waals surface area contributed by atoms with Crippen molar-refractivity contribution >= 4 is 23.0 Å². The van der Waals surface area contributed by atoms with Gasteiger partial charge in [0.05, 0.1) is 5.41 Å². The van der Waals surface area contributed by atoms with E-state index in [4.69, 9.17) is 4.74 Å². The predicted molar refractivity (Wildman–Crippen MR) is 94.7 cm³/mol. The van der Waals surface area contributed by atoms with Crippen LogP contribution in [0.5, 0.6) is 11.5 Å². The fraction of sp³-hybridized carbons (Fsp3) is 0.278. The van der Waals surface area contributed by atoms with Gasteiger partial charge in [0, 0.05) is 5.56 Å². The van der Waals surface area contributed by atoms with Gasteiger partial charge in [-0.3, -0.25) is 4.79 Å². The fourth-order valence-corrected chi connectivity index (χ4v) is 3.03. The molecule has 0 unspecified atom stereocenters. The van der Waals surface area contributed by atoms with Crippen LogP contribution >= 0.6 is 17.0 Å². The lowest BCUT2D eigenvalue weighted by Crippen LogP contribution is -2.45. The molecule has 0 saturated carbocycles. The molecule has 1 saturated heterocycles. The molecule has 1 fully saturated rings. The first kappa shape index (κ1) is 18.4. The van der Waals surface area contributed by atoms with Gasteiger partial charge in [0.25, 0.3) is 0 Å². The summed E-state index contributed by atoms with van der Waals surface area (Å²) in [6, 6.07) is 12.9. The van der Waals surface area contributed by atoms with Gasteiger partial charge in [-0.1, -0.05) is 18.2 Å². The summed E-state index contributed by atoms with van der Waals surface area (Å²) in [6.07, 6.45) is 1.01. The summed E-state index contributed by atoms with van der Waals surface area (Å²) < 4.78 is 18.9. The molecule has 6 heteroatoms. The van der Waals surface area contributed by atoms with Gasteiger partial charge in [0.2, 0.25) is 0 Å². The molecule has 0 bridgehead atoms. The van der Waals surface area contributed by atoms with E-state index in [9.17, 15) is 14.3 Å². The third-order valence-corrected chi connectivity index (χ3v) is 4.31. The molecule has 0 aromatic heterocycles. The van der Waals surface area contributed by atoms with Crippen molar-refractivity contribution in [3.63, 3.8) is 0 Å². The van der Waals surface area contributed by atoms with Gasteiger partial charge in [0.15, 0.2) is 0 Å². The Bertz CT molecular complexity index is 700. The third kappa shape index (κ3) is 3.60. The van der Waals surface area contributed by atoms with Crippen LogP contribution in [0.15, 0.2) is 48.5 Å². The molecule has 2 N–H and O–H groups in total. The van der Waals surface area contributed by atoms with Gasteiger partial charge in [0.1, 0.15) is 17.3 Å². The lowest BCUT2D eigenvalue weighted by Gasteiger charge is -2.35. The van der Waals surface area contributed by atoms with Crippen LogP contribution in [0.3, 0.4) is 0 Å². The van der Waals surface area contributed by atoms with E-state index in [-0.39, 0.29) is 22.8 Å². The lowest BCUT2D eigenvalue weighted by molar-refractivity contribution is -0.145. The second kappa shape index (κ2) is 7.77. The summed E-state index contributed by atoms with van der Waals surface area (Å²) in [4.78, 5) is 12.0. The van der Waals surface area contributed by atoms with Crippen LogP contribution in [0.1, 0.15) is 18.4 Å². The third-order valence-electron chi connectivity index (χ3n) is 4.31. The van der Waals surface area contributed by atoms with Crippen molar-refractivity contribution in [3.8, 4) is 11.5 Å². The van der Waals surface area contributed by atoms with Crippen molar-refractivity contribution in [3.05, 3.63) is 59.9 Å². The maximum Gasteiger partial charge on any atom is 0.314 e. The number of rotatable bonds is 4. The number of aliphatic carboxylic acids is 1. The second-order valence-corrected chi connectivity index (χ2v) is 5.69. The van der Waals surface area contributed by atoms with Crippen molar-refractivity contribution < 1.29 is 19.0 Å². The summed E-state index contributed by atoms with van der Waals surface area (Å²) in [5, 5.41) is 13.0. The zero-order chi connectivity index (χ0) is 16.3. The van der Waals surface area contributed by atoms with E-state index in [1.54, 1.807) is 18.2 Å². The minimum absolute atomic E-state index is 0. The molecule has 0 spiro atoms. The van der Waals surface area contributed by atoms with E-state index in [1.807, 2.05) is 6.07 Å². The van der Waals surface area contributed by atoms with E-state index < -0.39 is 11.4 Å². The molecular weight excluding hydrogens is 377 g/mol. The molecule has 24 heavy (non-hydrogen) atoms. The highest BCUT2D eigenvalue weighted by atomic mass is 79.9. The minimum atomic E-state index is -0.956. The number of carbonyl (C=O) groups is 1. The van der Waals surface area contributed by atoms with Crippen LogP contribution in [-0.4, -0.2) is 24.2 Å². The SMILES string of the molecule is Br.O=C(O)C1(c2ccccc2Oc2ccc(F)cc2)CCNCC1. The summed E-state index contributed by atoms with van der Waals surface area (Å²) in [6.45, 7) is 1.30. The van der Waals surface area contributed by atoms with Crippen LogP contribution in [-0.2, 0) is 10.2 Å². The Hall–Kier alpha value is -1.92. The van der Waals surface area contributed by atoms with Crippen molar-refractivity contribution in [1.29, 1.82) is 0 Å². The number of halogens is 2. The highest BCUT2D eigenvalue weighted by Crippen LogP contribution is 2.40. The number of benzene rings is 2. The first-order chi connectivity index (χ1) is 11.1. The van der Waals surface area contributed by atoms with Gasteiger partial charge in [-0.05, 0) is 56.3 Å². The average molecular weight is 396 g/mol. The van der Waals surface area contributed by atoms with Crippen LogP contribution < -0.4 is 10.1 Å². The highest BCUT2D eigenvalue weighted by molar-refractivity contribution is 8.93. The number of para-hydroxylation sites is 1. The van der Waals surface area contributed by atoms with Crippen molar-refractivity contribution in [2.75, 3.05) is 13.1 Å². The number of hydrogen-bond acceptors (Lipinski definition) is 3. The summed E-state index contributed by atoms with van der Waals surface area (Å²) in [5.41, 5.74) is -0.291. The first-order valence-corrected chi connectivity index (χ1v) is 7.59. The zero-order valence-corrected chi connectivity index (χ0v) is 14.7. The molecule has 3 rings (SSSR count). The fourth-order valence-electron chi connectivity index (χ4n) is 3.03. The average Bonchev–Trinajstić information content (AvgIpc) is 2.58. The zero-order valence-electron chi connectivity index (χ0n) is 13.0. The van der Waals surface area contributed by atoms with Crippen LogP contribution in [0.25, 0.3) is 0 Å². The topological polar surface area (TPSA) is 58.6 Å². The number of ether oxygens (including phenoxy) is 1. The van der Waals surface area contributed by atoms with Gasteiger partial charge in [-0.15, -0.1) is 17.0 Å². The van der Waals surface area contributed by atoms with Crippen molar-refractivity contribution in [2.24, 2.45) is 0 Å². The van der Waals surface area contributed by atoms with Crippen LogP contribution in [0.4, 0.5) is 4.39 Å². The summed E-state index contributed by atoms with van der Waals surface area (Å²) in [5.74, 6) is -0.197. The van der Waals surface area contributed by atoms with Gasteiger partial charge >= 0.3 is 5.97 Å². The molecule has 2 aromatic carbocycles. The Morgan fingerprint density at radius 1 is 1.08 bits per heavy atom. The lowest BCUT2D eigenvalue weighted by atomic mass is 9.73. The van der Waals surface area contributed by atoms with E-state index in [2.05, 4.69) is 5.32 Å². The summed E-state index contributed by atoms with van der Waals surface area (Å²) >= 11 is 0. The smallest absolute Gasteiger partial charge is 0.314 e. The molecule has 2 aromatic rings. The molecule has 1 heterocycles. The van der Waals surface area contributed by atoms with Crippen molar-refractivity contribution in [1.82, 2.24) is 5.32 Å². The predicted octanol–water partition coefficient (Wildman–Crippen LogP) is 3.90. The standard InChI is InChI=1S/C18H18FNO3.BrH/c19-13-5-7-14(8-6-13)23-16-4-2-1-3-15(16)18(17(21)22)9-11-20-12-10-18;/h1-8,20H,9-12H2,(H,21,22);1H. The number of hydrogen-bond donors (Lipinski definition) is 2. The second-order valence-electron chi connectivity index (χ2n) is 5.69. The number of carboxylic acids is 1.